The molecule has 2 rings (SSSR count). The van der Waals surface area contributed by atoms with E-state index in [9.17, 15) is 10.2 Å². The van der Waals surface area contributed by atoms with Crippen LogP contribution in [0.15, 0.2) is 22.7 Å². The molecule has 3 nitrogen and oxygen atoms in total. The summed E-state index contributed by atoms with van der Waals surface area (Å²) in [4.78, 5) is 0. The molecule has 1 aromatic rings. The standard InChI is InChI=1S/C13H18BrNO2.ClH/c14-10-7-3-6-9(13(10)17)11(15)12(16)8-4-1-2-5-8;/h3,6-8,11-12,16-17H,1-2,4-5,15H2;1H/t11-,12+;/m1./s1. The van der Waals surface area contributed by atoms with Crippen molar-refractivity contribution in [3.8, 4) is 5.75 Å². The Morgan fingerprint density at radius 1 is 1.28 bits per heavy atom. The molecule has 0 saturated heterocycles. The number of aliphatic hydroxyl groups is 1. The van der Waals surface area contributed by atoms with Gasteiger partial charge >= 0.3 is 0 Å². The smallest absolute Gasteiger partial charge is 0.134 e. The van der Waals surface area contributed by atoms with Crippen LogP contribution in [0.3, 0.4) is 0 Å². The maximum Gasteiger partial charge on any atom is 0.134 e. The summed E-state index contributed by atoms with van der Waals surface area (Å²) >= 11 is 3.26. The summed E-state index contributed by atoms with van der Waals surface area (Å²) < 4.78 is 0.615. The predicted octanol–water partition coefficient (Wildman–Crippen LogP) is 3.13. The third-order valence-corrected chi connectivity index (χ3v) is 4.27. The van der Waals surface area contributed by atoms with Gasteiger partial charge in [-0.2, -0.15) is 0 Å². The molecule has 2 atom stereocenters. The molecule has 0 heterocycles. The van der Waals surface area contributed by atoms with Crippen LogP contribution >= 0.6 is 28.3 Å². The van der Waals surface area contributed by atoms with Gasteiger partial charge in [0, 0.05) is 5.56 Å². The number of hydrogen-bond acceptors (Lipinski definition) is 3. The lowest BCUT2D eigenvalue weighted by atomic mass is 9.90. The van der Waals surface area contributed by atoms with E-state index in [0.717, 1.165) is 12.8 Å². The van der Waals surface area contributed by atoms with Gasteiger partial charge in [-0.3, -0.25) is 0 Å². The molecule has 1 aromatic carbocycles. The Hall–Kier alpha value is -0.290. The summed E-state index contributed by atoms with van der Waals surface area (Å²) in [5, 5.41) is 20.2. The van der Waals surface area contributed by atoms with Crippen LogP contribution in [0.1, 0.15) is 37.3 Å². The maximum absolute atomic E-state index is 10.2. The van der Waals surface area contributed by atoms with Gasteiger partial charge in [-0.05, 0) is 40.8 Å². The van der Waals surface area contributed by atoms with Crippen LogP contribution < -0.4 is 5.73 Å². The molecule has 0 amide bonds. The lowest BCUT2D eigenvalue weighted by Crippen LogP contribution is -2.32. The lowest BCUT2D eigenvalue weighted by molar-refractivity contribution is 0.0836. The number of rotatable bonds is 3. The second-order valence-electron chi connectivity index (χ2n) is 4.74. The van der Waals surface area contributed by atoms with Crippen LogP contribution in [0.2, 0.25) is 0 Å². The molecule has 0 unspecified atom stereocenters. The minimum Gasteiger partial charge on any atom is -0.506 e. The first-order valence-electron chi connectivity index (χ1n) is 6.02. The van der Waals surface area contributed by atoms with E-state index in [1.54, 1.807) is 12.1 Å². The van der Waals surface area contributed by atoms with Crippen LogP contribution in [-0.4, -0.2) is 16.3 Å². The van der Waals surface area contributed by atoms with Crippen molar-refractivity contribution >= 4 is 28.3 Å². The number of phenols is 1. The van der Waals surface area contributed by atoms with Gasteiger partial charge in [0.25, 0.3) is 0 Å². The van der Waals surface area contributed by atoms with E-state index in [0.29, 0.717) is 10.0 Å². The Morgan fingerprint density at radius 2 is 1.89 bits per heavy atom. The summed E-state index contributed by atoms with van der Waals surface area (Å²) in [6.45, 7) is 0. The molecule has 1 fully saturated rings. The van der Waals surface area contributed by atoms with E-state index >= 15 is 0 Å². The van der Waals surface area contributed by atoms with Gasteiger partial charge in [0.1, 0.15) is 5.75 Å². The highest BCUT2D eigenvalue weighted by Gasteiger charge is 2.30. The van der Waals surface area contributed by atoms with Crippen molar-refractivity contribution in [1.29, 1.82) is 0 Å². The molecule has 0 aromatic heterocycles. The van der Waals surface area contributed by atoms with Gasteiger partial charge in [0.05, 0.1) is 16.6 Å². The lowest BCUT2D eigenvalue weighted by Gasteiger charge is -2.25. The number of aromatic hydroxyl groups is 1. The second-order valence-corrected chi connectivity index (χ2v) is 5.59. The fourth-order valence-corrected chi connectivity index (χ4v) is 2.96. The van der Waals surface area contributed by atoms with Crippen LogP contribution in [0.5, 0.6) is 5.75 Å². The molecular formula is C13H19BrClNO2. The van der Waals surface area contributed by atoms with Crippen molar-refractivity contribution in [3.63, 3.8) is 0 Å². The van der Waals surface area contributed by atoms with Crippen LogP contribution in [0, 0.1) is 5.92 Å². The minimum atomic E-state index is -0.572. The molecule has 4 N–H and O–H groups in total. The molecule has 5 heteroatoms. The molecule has 1 aliphatic carbocycles. The van der Waals surface area contributed by atoms with Crippen molar-refractivity contribution in [2.45, 2.75) is 37.8 Å². The van der Waals surface area contributed by atoms with Gasteiger partial charge in [0.15, 0.2) is 0 Å². The Morgan fingerprint density at radius 3 is 2.50 bits per heavy atom. The zero-order valence-corrected chi connectivity index (χ0v) is 12.5. The monoisotopic (exact) mass is 335 g/mol. The molecule has 1 saturated carbocycles. The highest BCUT2D eigenvalue weighted by atomic mass is 79.9. The first-order chi connectivity index (χ1) is 8.11. The van der Waals surface area contributed by atoms with E-state index in [4.69, 9.17) is 5.73 Å². The number of benzene rings is 1. The summed E-state index contributed by atoms with van der Waals surface area (Å²) in [6.07, 6.45) is 3.82. The summed E-state index contributed by atoms with van der Waals surface area (Å²) in [5.41, 5.74) is 6.67. The van der Waals surface area contributed by atoms with Gasteiger partial charge in [-0.25, -0.2) is 0 Å². The molecule has 102 valence electrons. The molecule has 0 radical (unpaired) electrons. The summed E-state index contributed by atoms with van der Waals surface area (Å²) in [6, 6.07) is 4.83. The quantitative estimate of drug-likeness (QED) is 0.794. The summed E-state index contributed by atoms with van der Waals surface area (Å²) in [5.74, 6) is 0.403. The number of para-hydroxylation sites is 1. The Bertz CT molecular complexity index is 397. The average Bonchev–Trinajstić information content (AvgIpc) is 2.84. The third-order valence-electron chi connectivity index (χ3n) is 3.63. The zero-order valence-electron chi connectivity index (χ0n) is 10.1. The molecule has 0 spiro atoms. The van der Waals surface area contributed by atoms with E-state index in [1.807, 2.05) is 6.07 Å². The van der Waals surface area contributed by atoms with E-state index in [1.165, 1.54) is 12.8 Å². The molecule has 0 aliphatic heterocycles. The van der Waals surface area contributed by atoms with E-state index < -0.39 is 12.1 Å². The maximum atomic E-state index is 10.2. The normalized spacial score (nSPS) is 19.3. The Kier molecular flexibility index (Phi) is 5.92. The van der Waals surface area contributed by atoms with Gasteiger partial charge in [0.2, 0.25) is 0 Å². The first kappa shape index (κ1) is 15.8. The van der Waals surface area contributed by atoms with Crippen molar-refractivity contribution < 1.29 is 10.2 Å². The fourth-order valence-electron chi connectivity index (χ4n) is 2.58. The SMILES string of the molecule is Cl.N[C@H](c1cccc(Br)c1O)[C@@H](O)C1CCCC1. The Labute approximate surface area is 122 Å². The van der Waals surface area contributed by atoms with Crippen LogP contribution in [-0.2, 0) is 0 Å². The number of hydrogen-bond donors (Lipinski definition) is 3. The highest BCUT2D eigenvalue weighted by molar-refractivity contribution is 9.10. The van der Waals surface area contributed by atoms with Crippen molar-refractivity contribution in [2.24, 2.45) is 11.7 Å². The predicted molar refractivity (Wildman–Crippen MR) is 77.9 cm³/mol. The number of halogens is 2. The van der Waals surface area contributed by atoms with Crippen LogP contribution in [0.25, 0.3) is 0 Å². The van der Waals surface area contributed by atoms with Crippen molar-refractivity contribution in [1.82, 2.24) is 0 Å². The fraction of sp³-hybridized carbons (Fsp3) is 0.538. The van der Waals surface area contributed by atoms with Crippen molar-refractivity contribution in [3.05, 3.63) is 28.2 Å². The number of nitrogens with two attached hydrogens (primary N) is 1. The second kappa shape index (κ2) is 6.75. The molecule has 1 aliphatic rings. The number of phenolic OH excluding ortho intramolecular Hbond substituents is 1. The molecule has 18 heavy (non-hydrogen) atoms. The largest absolute Gasteiger partial charge is 0.506 e. The van der Waals surface area contributed by atoms with Crippen LogP contribution in [0.4, 0.5) is 0 Å². The number of aliphatic hydroxyl groups excluding tert-OH is 1. The molecular weight excluding hydrogens is 318 g/mol. The van der Waals surface area contributed by atoms with E-state index in [2.05, 4.69) is 15.9 Å². The summed E-state index contributed by atoms with van der Waals surface area (Å²) in [7, 11) is 0. The van der Waals surface area contributed by atoms with Gasteiger partial charge < -0.3 is 15.9 Å². The topological polar surface area (TPSA) is 66.5 Å². The van der Waals surface area contributed by atoms with Gasteiger partial charge in [-0.1, -0.05) is 25.0 Å². The third kappa shape index (κ3) is 3.18. The van der Waals surface area contributed by atoms with Crippen molar-refractivity contribution in [2.75, 3.05) is 0 Å². The zero-order chi connectivity index (χ0) is 12.4. The highest BCUT2D eigenvalue weighted by Crippen LogP contribution is 2.37. The van der Waals surface area contributed by atoms with E-state index in [-0.39, 0.29) is 24.1 Å². The van der Waals surface area contributed by atoms with Gasteiger partial charge in [-0.15, -0.1) is 12.4 Å². The average molecular weight is 337 g/mol. The Balaban J connectivity index is 0.00000162. The first-order valence-corrected chi connectivity index (χ1v) is 6.81. The minimum absolute atomic E-state index is 0. The molecule has 0 bridgehead atoms.